The zero-order valence-corrected chi connectivity index (χ0v) is 10.4. The van der Waals surface area contributed by atoms with Crippen LogP contribution in [0.15, 0.2) is 0 Å². The van der Waals surface area contributed by atoms with Crippen molar-refractivity contribution in [1.29, 1.82) is 5.26 Å². The third-order valence-corrected chi connectivity index (χ3v) is 3.17. The van der Waals surface area contributed by atoms with Gasteiger partial charge in [0.05, 0.1) is 12.2 Å². The third kappa shape index (κ3) is 4.46. The van der Waals surface area contributed by atoms with Gasteiger partial charge in [0.1, 0.15) is 6.04 Å². The molecule has 0 saturated heterocycles. The van der Waals surface area contributed by atoms with Gasteiger partial charge in [0.15, 0.2) is 0 Å². The van der Waals surface area contributed by atoms with Crippen molar-refractivity contribution in [3.63, 3.8) is 0 Å². The zero-order valence-electron chi connectivity index (χ0n) is 9.59. The lowest BCUT2D eigenvalue weighted by atomic mass is 10.4. The molecular weight excluding hydrogens is 234 g/mol. The summed E-state index contributed by atoms with van der Waals surface area (Å²) in [7, 11) is -2.84. The van der Waals surface area contributed by atoms with Gasteiger partial charge in [-0.25, -0.2) is 9.52 Å². The second kappa shape index (κ2) is 5.67. The molecule has 0 spiro atoms. The fourth-order valence-electron chi connectivity index (χ4n) is 0.705. The lowest BCUT2D eigenvalue weighted by molar-refractivity contribution is 0.121. The normalized spacial score (nSPS) is 13.3. The van der Waals surface area contributed by atoms with E-state index in [0.717, 1.165) is 4.31 Å². The molecule has 0 aromatic rings. The SMILES string of the molecule is CC(C)OC(=O)NS(=O)(=O)N(C)C(C)C#N. The average Bonchev–Trinajstić information content (AvgIpc) is 2.13. The minimum Gasteiger partial charge on any atom is -0.446 e. The van der Waals surface area contributed by atoms with Gasteiger partial charge in [-0.05, 0) is 20.8 Å². The van der Waals surface area contributed by atoms with E-state index in [9.17, 15) is 13.2 Å². The van der Waals surface area contributed by atoms with Gasteiger partial charge in [-0.2, -0.15) is 18.0 Å². The first-order chi connectivity index (χ1) is 7.20. The molecule has 92 valence electrons. The quantitative estimate of drug-likeness (QED) is 0.767. The number of carbonyl (C=O) groups excluding carboxylic acids is 1. The van der Waals surface area contributed by atoms with Crippen LogP contribution in [0.3, 0.4) is 0 Å². The van der Waals surface area contributed by atoms with Gasteiger partial charge in [0, 0.05) is 7.05 Å². The maximum Gasteiger partial charge on any atom is 0.422 e. The Morgan fingerprint density at radius 2 is 1.94 bits per heavy atom. The predicted molar refractivity (Wildman–Crippen MR) is 56.5 cm³/mol. The highest BCUT2D eigenvalue weighted by Crippen LogP contribution is 2.01. The molecule has 0 aromatic carbocycles. The van der Waals surface area contributed by atoms with E-state index >= 15 is 0 Å². The summed E-state index contributed by atoms with van der Waals surface area (Å²) < 4.78 is 30.0. The van der Waals surface area contributed by atoms with Crippen LogP contribution in [0.4, 0.5) is 4.79 Å². The summed E-state index contributed by atoms with van der Waals surface area (Å²) >= 11 is 0. The van der Waals surface area contributed by atoms with E-state index in [0.29, 0.717) is 0 Å². The molecule has 1 amide bonds. The van der Waals surface area contributed by atoms with Crippen molar-refractivity contribution in [3.8, 4) is 6.07 Å². The molecule has 0 fully saturated rings. The molecule has 0 saturated carbocycles. The molecule has 1 atom stereocenters. The van der Waals surface area contributed by atoms with Crippen molar-refractivity contribution >= 4 is 16.3 Å². The Kier molecular flexibility index (Phi) is 5.20. The van der Waals surface area contributed by atoms with Crippen molar-refractivity contribution in [3.05, 3.63) is 0 Å². The summed E-state index contributed by atoms with van der Waals surface area (Å²) in [6.07, 6.45) is -1.49. The van der Waals surface area contributed by atoms with Gasteiger partial charge >= 0.3 is 16.3 Å². The highest BCUT2D eigenvalue weighted by atomic mass is 32.2. The van der Waals surface area contributed by atoms with Crippen LogP contribution in [0.25, 0.3) is 0 Å². The number of nitrogens with one attached hydrogen (secondary N) is 1. The van der Waals surface area contributed by atoms with E-state index in [1.807, 2.05) is 0 Å². The van der Waals surface area contributed by atoms with E-state index in [1.54, 1.807) is 24.6 Å². The molecule has 0 aliphatic heterocycles. The van der Waals surface area contributed by atoms with Crippen LogP contribution in [0.1, 0.15) is 20.8 Å². The molecule has 16 heavy (non-hydrogen) atoms. The number of hydrogen-bond acceptors (Lipinski definition) is 5. The number of hydrogen-bond donors (Lipinski definition) is 1. The minimum atomic E-state index is -4.03. The number of carbonyl (C=O) groups is 1. The molecule has 1 unspecified atom stereocenters. The first-order valence-electron chi connectivity index (χ1n) is 4.56. The Hall–Kier alpha value is -1.33. The fraction of sp³-hybridized carbons (Fsp3) is 0.750. The molecule has 0 aliphatic rings. The second-order valence-corrected chi connectivity index (χ2v) is 5.11. The Morgan fingerprint density at radius 1 is 1.44 bits per heavy atom. The van der Waals surface area contributed by atoms with Crippen molar-refractivity contribution in [1.82, 2.24) is 9.03 Å². The summed E-state index contributed by atoms with van der Waals surface area (Å²) in [5, 5.41) is 8.55. The van der Waals surface area contributed by atoms with Crippen molar-refractivity contribution in [2.75, 3.05) is 7.05 Å². The van der Waals surface area contributed by atoms with Crippen molar-refractivity contribution in [2.45, 2.75) is 32.9 Å². The third-order valence-electron chi connectivity index (χ3n) is 1.67. The molecule has 0 heterocycles. The van der Waals surface area contributed by atoms with Crippen LogP contribution in [-0.2, 0) is 14.9 Å². The van der Waals surface area contributed by atoms with Crippen LogP contribution < -0.4 is 4.72 Å². The Labute approximate surface area is 95.2 Å². The zero-order chi connectivity index (χ0) is 12.9. The largest absolute Gasteiger partial charge is 0.446 e. The van der Waals surface area contributed by atoms with Crippen molar-refractivity contribution < 1.29 is 17.9 Å². The minimum absolute atomic E-state index is 0.422. The van der Waals surface area contributed by atoms with Crippen LogP contribution in [0.5, 0.6) is 0 Å². The summed E-state index contributed by atoms with van der Waals surface area (Å²) in [6, 6.07) is 0.868. The van der Waals surface area contributed by atoms with E-state index in [-0.39, 0.29) is 0 Å². The standard InChI is InChI=1S/C8H15N3O4S/c1-6(2)15-8(12)10-16(13,14)11(4)7(3)5-9/h6-7H,1-4H3,(H,10,12). The van der Waals surface area contributed by atoms with Crippen LogP contribution >= 0.6 is 0 Å². The maximum absolute atomic E-state index is 11.5. The lowest BCUT2D eigenvalue weighted by Gasteiger charge is -2.19. The molecule has 7 nitrogen and oxygen atoms in total. The molecule has 8 heteroatoms. The van der Waals surface area contributed by atoms with Gasteiger partial charge in [-0.1, -0.05) is 0 Å². The molecular formula is C8H15N3O4S. The molecule has 0 radical (unpaired) electrons. The summed E-state index contributed by atoms with van der Waals surface area (Å²) in [4.78, 5) is 11.1. The Morgan fingerprint density at radius 3 is 2.31 bits per heavy atom. The smallest absolute Gasteiger partial charge is 0.422 e. The number of nitriles is 1. The Bertz CT molecular complexity index is 385. The van der Waals surface area contributed by atoms with Crippen LogP contribution in [0.2, 0.25) is 0 Å². The average molecular weight is 249 g/mol. The molecule has 0 rings (SSSR count). The van der Waals surface area contributed by atoms with E-state index in [2.05, 4.69) is 4.74 Å². The van der Waals surface area contributed by atoms with Gasteiger partial charge in [-0.15, -0.1) is 0 Å². The number of rotatable bonds is 4. The van der Waals surface area contributed by atoms with Gasteiger partial charge < -0.3 is 4.74 Å². The number of amides is 1. The highest BCUT2D eigenvalue weighted by Gasteiger charge is 2.25. The second-order valence-electron chi connectivity index (χ2n) is 3.38. The topological polar surface area (TPSA) is 99.5 Å². The Balaban J connectivity index is 4.60. The predicted octanol–water partition coefficient (Wildman–Crippen LogP) is 0.210. The first-order valence-corrected chi connectivity index (χ1v) is 6.00. The van der Waals surface area contributed by atoms with Gasteiger partial charge in [0.2, 0.25) is 0 Å². The van der Waals surface area contributed by atoms with Gasteiger partial charge in [-0.3, -0.25) is 0 Å². The molecule has 0 aliphatic carbocycles. The van der Waals surface area contributed by atoms with Crippen molar-refractivity contribution in [2.24, 2.45) is 0 Å². The maximum atomic E-state index is 11.5. The lowest BCUT2D eigenvalue weighted by Crippen LogP contribution is -2.45. The van der Waals surface area contributed by atoms with E-state index < -0.39 is 28.4 Å². The molecule has 1 N–H and O–H groups in total. The number of ether oxygens (including phenoxy) is 1. The summed E-state index contributed by atoms with van der Waals surface area (Å²) in [6.45, 7) is 4.58. The summed E-state index contributed by atoms with van der Waals surface area (Å²) in [5.41, 5.74) is 0. The first kappa shape index (κ1) is 14.7. The highest BCUT2D eigenvalue weighted by molar-refractivity contribution is 7.87. The van der Waals surface area contributed by atoms with Crippen LogP contribution in [-0.4, -0.2) is 38.0 Å². The van der Waals surface area contributed by atoms with Crippen LogP contribution in [0, 0.1) is 11.3 Å². The number of nitrogens with zero attached hydrogens (tertiary/aromatic N) is 2. The van der Waals surface area contributed by atoms with E-state index in [1.165, 1.54) is 14.0 Å². The molecule has 0 bridgehead atoms. The molecule has 0 aromatic heterocycles. The monoisotopic (exact) mass is 249 g/mol. The van der Waals surface area contributed by atoms with E-state index in [4.69, 9.17) is 5.26 Å². The van der Waals surface area contributed by atoms with Gasteiger partial charge in [0.25, 0.3) is 0 Å². The summed E-state index contributed by atoms with van der Waals surface area (Å²) in [5.74, 6) is 0. The fourth-order valence-corrected chi connectivity index (χ4v) is 1.57.